The molecule has 2 rings (SSSR count). The molecule has 0 atom stereocenters. The first-order valence-corrected chi connectivity index (χ1v) is 5.10. The van der Waals surface area contributed by atoms with E-state index < -0.39 is 0 Å². The van der Waals surface area contributed by atoms with Gasteiger partial charge in [-0.25, -0.2) is 9.67 Å². The molecule has 0 saturated carbocycles. The van der Waals surface area contributed by atoms with Gasteiger partial charge in [0.25, 0.3) is 0 Å². The molecule has 2 heterocycles. The third-order valence-electron chi connectivity index (χ3n) is 2.10. The van der Waals surface area contributed by atoms with E-state index >= 15 is 0 Å². The fourth-order valence-corrected chi connectivity index (χ4v) is 1.45. The number of aromatic nitrogens is 5. The minimum absolute atomic E-state index is 0.572. The third-order valence-corrected chi connectivity index (χ3v) is 2.10. The fourth-order valence-electron chi connectivity index (χ4n) is 1.45. The lowest BCUT2D eigenvalue weighted by Gasteiger charge is -2.08. The van der Waals surface area contributed by atoms with E-state index in [1.807, 2.05) is 21.6 Å². The summed E-state index contributed by atoms with van der Waals surface area (Å²) in [5.41, 5.74) is 0. The van der Waals surface area contributed by atoms with Crippen LogP contribution in [0.4, 0.5) is 0 Å². The first-order valence-electron chi connectivity index (χ1n) is 5.10. The van der Waals surface area contributed by atoms with Crippen LogP contribution >= 0.6 is 0 Å². The molecular weight excluding hydrogens is 190 g/mol. The molecule has 0 radical (unpaired) electrons. The standard InChI is InChI=1S/C10H15N5/c1-9(2)6-15-10(11-8-13-15)7-14-5-3-4-12-14/h3-5,8-9H,6-7H2,1-2H3. The molecule has 2 aromatic rings. The highest BCUT2D eigenvalue weighted by Gasteiger charge is 2.06. The van der Waals surface area contributed by atoms with E-state index in [1.54, 1.807) is 12.5 Å². The normalized spacial score (nSPS) is 11.1. The maximum atomic E-state index is 4.24. The molecule has 0 unspecified atom stereocenters. The van der Waals surface area contributed by atoms with Crippen LogP contribution < -0.4 is 0 Å². The van der Waals surface area contributed by atoms with Gasteiger partial charge in [-0.3, -0.25) is 4.68 Å². The Kier molecular flexibility index (Phi) is 2.80. The van der Waals surface area contributed by atoms with Crippen LogP contribution in [0.2, 0.25) is 0 Å². The van der Waals surface area contributed by atoms with E-state index in [9.17, 15) is 0 Å². The van der Waals surface area contributed by atoms with Crippen molar-refractivity contribution < 1.29 is 0 Å². The van der Waals surface area contributed by atoms with E-state index in [-0.39, 0.29) is 0 Å². The van der Waals surface area contributed by atoms with Gasteiger partial charge < -0.3 is 0 Å². The maximum absolute atomic E-state index is 4.24. The smallest absolute Gasteiger partial charge is 0.148 e. The van der Waals surface area contributed by atoms with Gasteiger partial charge in [0.1, 0.15) is 18.7 Å². The molecular formula is C10H15N5. The largest absolute Gasteiger partial charge is 0.265 e. The summed E-state index contributed by atoms with van der Waals surface area (Å²) in [5, 5.41) is 8.35. The van der Waals surface area contributed by atoms with Crippen LogP contribution in [0.15, 0.2) is 24.8 Å². The van der Waals surface area contributed by atoms with Crippen LogP contribution in [0.1, 0.15) is 19.7 Å². The second kappa shape index (κ2) is 4.25. The summed E-state index contributed by atoms with van der Waals surface area (Å²) in [6.07, 6.45) is 5.29. The van der Waals surface area contributed by atoms with E-state index in [2.05, 4.69) is 29.0 Å². The monoisotopic (exact) mass is 205 g/mol. The Morgan fingerprint density at radius 1 is 1.33 bits per heavy atom. The minimum atomic E-state index is 0.572. The number of hydrogen-bond acceptors (Lipinski definition) is 3. The second-order valence-electron chi connectivity index (χ2n) is 3.96. The molecule has 0 aliphatic carbocycles. The minimum Gasteiger partial charge on any atom is -0.265 e. The van der Waals surface area contributed by atoms with Crippen molar-refractivity contribution in [2.24, 2.45) is 5.92 Å². The highest BCUT2D eigenvalue weighted by Crippen LogP contribution is 2.02. The zero-order chi connectivity index (χ0) is 10.7. The Morgan fingerprint density at radius 3 is 2.87 bits per heavy atom. The lowest BCUT2D eigenvalue weighted by molar-refractivity contribution is 0.456. The van der Waals surface area contributed by atoms with Gasteiger partial charge in [-0.2, -0.15) is 10.2 Å². The molecule has 0 bridgehead atoms. The zero-order valence-electron chi connectivity index (χ0n) is 9.04. The Labute approximate surface area is 88.7 Å². The van der Waals surface area contributed by atoms with Crippen molar-refractivity contribution in [3.05, 3.63) is 30.6 Å². The molecule has 5 nitrogen and oxygen atoms in total. The average Bonchev–Trinajstić information content (AvgIpc) is 2.78. The lowest BCUT2D eigenvalue weighted by atomic mass is 10.2. The average molecular weight is 205 g/mol. The van der Waals surface area contributed by atoms with E-state index in [1.165, 1.54) is 0 Å². The highest BCUT2D eigenvalue weighted by molar-refractivity contribution is 4.88. The summed E-state index contributed by atoms with van der Waals surface area (Å²) in [5.74, 6) is 1.52. The maximum Gasteiger partial charge on any atom is 0.148 e. The summed E-state index contributed by atoms with van der Waals surface area (Å²) >= 11 is 0. The molecule has 0 N–H and O–H groups in total. The molecule has 2 aromatic heterocycles. The molecule has 0 amide bonds. The first kappa shape index (κ1) is 9.89. The summed E-state index contributed by atoms with van der Waals surface area (Å²) in [4.78, 5) is 4.24. The van der Waals surface area contributed by atoms with Gasteiger partial charge in [0, 0.05) is 18.9 Å². The fraction of sp³-hybridized carbons (Fsp3) is 0.500. The third kappa shape index (κ3) is 2.43. The van der Waals surface area contributed by atoms with Crippen LogP contribution in [-0.2, 0) is 13.1 Å². The Bertz CT molecular complexity index is 401. The Morgan fingerprint density at radius 2 is 2.20 bits per heavy atom. The van der Waals surface area contributed by atoms with Crippen molar-refractivity contribution in [1.82, 2.24) is 24.5 Å². The van der Waals surface area contributed by atoms with Gasteiger partial charge in [-0.05, 0) is 12.0 Å². The second-order valence-corrected chi connectivity index (χ2v) is 3.96. The molecule has 0 saturated heterocycles. The van der Waals surface area contributed by atoms with Crippen LogP contribution in [0.25, 0.3) is 0 Å². The predicted molar refractivity (Wildman–Crippen MR) is 56.2 cm³/mol. The number of nitrogens with zero attached hydrogens (tertiary/aromatic N) is 5. The van der Waals surface area contributed by atoms with E-state index in [0.29, 0.717) is 12.5 Å². The molecule has 15 heavy (non-hydrogen) atoms. The van der Waals surface area contributed by atoms with E-state index in [4.69, 9.17) is 0 Å². The SMILES string of the molecule is CC(C)Cn1ncnc1Cn1cccn1. The van der Waals surface area contributed by atoms with Crippen molar-refractivity contribution in [2.75, 3.05) is 0 Å². The predicted octanol–water partition coefficient (Wildman–Crippen LogP) is 1.18. The summed E-state index contributed by atoms with van der Waals surface area (Å²) < 4.78 is 3.78. The van der Waals surface area contributed by atoms with Crippen molar-refractivity contribution >= 4 is 0 Å². The molecule has 0 fully saturated rings. The topological polar surface area (TPSA) is 48.5 Å². The van der Waals surface area contributed by atoms with Crippen molar-refractivity contribution in [2.45, 2.75) is 26.9 Å². The van der Waals surface area contributed by atoms with Gasteiger partial charge in [-0.15, -0.1) is 0 Å². The van der Waals surface area contributed by atoms with Crippen molar-refractivity contribution in [3.63, 3.8) is 0 Å². The van der Waals surface area contributed by atoms with E-state index in [0.717, 1.165) is 12.4 Å². The summed E-state index contributed by atoms with van der Waals surface area (Å²) in [6, 6.07) is 1.91. The molecule has 5 heteroatoms. The molecule has 0 aliphatic heterocycles. The van der Waals surface area contributed by atoms with Crippen LogP contribution in [0, 0.1) is 5.92 Å². The van der Waals surface area contributed by atoms with Gasteiger partial charge >= 0.3 is 0 Å². The first-order chi connectivity index (χ1) is 7.25. The molecule has 80 valence electrons. The highest BCUT2D eigenvalue weighted by atomic mass is 15.4. The molecule has 0 aromatic carbocycles. The Balaban J connectivity index is 2.11. The molecule has 0 spiro atoms. The van der Waals surface area contributed by atoms with Gasteiger partial charge in [0.15, 0.2) is 0 Å². The molecule has 0 aliphatic rings. The van der Waals surface area contributed by atoms with Crippen molar-refractivity contribution in [1.29, 1.82) is 0 Å². The van der Waals surface area contributed by atoms with Gasteiger partial charge in [0.2, 0.25) is 0 Å². The Hall–Kier alpha value is -1.65. The summed E-state index contributed by atoms with van der Waals surface area (Å²) in [6.45, 7) is 5.91. The van der Waals surface area contributed by atoms with Crippen LogP contribution in [0.3, 0.4) is 0 Å². The number of hydrogen-bond donors (Lipinski definition) is 0. The lowest BCUT2D eigenvalue weighted by Crippen LogP contribution is -2.13. The van der Waals surface area contributed by atoms with Gasteiger partial charge in [-0.1, -0.05) is 13.8 Å². The van der Waals surface area contributed by atoms with Crippen LogP contribution in [-0.4, -0.2) is 24.5 Å². The zero-order valence-corrected chi connectivity index (χ0v) is 9.04. The van der Waals surface area contributed by atoms with Crippen LogP contribution in [0.5, 0.6) is 0 Å². The quantitative estimate of drug-likeness (QED) is 0.753. The summed E-state index contributed by atoms with van der Waals surface area (Å²) in [7, 11) is 0. The van der Waals surface area contributed by atoms with Gasteiger partial charge in [0.05, 0.1) is 0 Å². The van der Waals surface area contributed by atoms with Crippen molar-refractivity contribution in [3.8, 4) is 0 Å². The number of rotatable bonds is 4.